The molecule has 1 fully saturated rings. The summed E-state index contributed by atoms with van der Waals surface area (Å²) in [7, 11) is 0. The number of benzene rings is 1. The zero-order valence-electron chi connectivity index (χ0n) is 28.4. The van der Waals surface area contributed by atoms with Crippen molar-refractivity contribution in [2.45, 2.75) is 154 Å². The molecule has 0 bridgehead atoms. The third-order valence-corrected chi connectivity index (χ3v) is 8.74. The molecular formula is C36H58N4O6. The second-order valence-electron chi connectivity index (χ2n) is 12.8. The maximum atomic E-state index is 13.2. The third kappa shape index (κ3) is 14.8. The van der Waals surface area contributed by atoms with Crippen LogP contribution in [0.5, 0.6) is 0 Å². The fraction of sp³-hybridized carbons (Fsp3) is 0.694. The molecule has 1 aromatic carbocycles. The summed E-state index contributed by atoms with van der Waals surface area (Å²) in [5.41, 5.74) is 0.774. The second-order valence-corrected chi connectivity index (χ2v) is 12.8. The Morgan fingerprint density at radius 2 is 1.35 bits per heavy atom. The molecular weight excluding hydrogens is 584 g/mol. The van der Waals surface area contributed by atoms with E-state index in [0.29, 0.717) is 25.8 Å². The fourth-order valence-corrected chi connectivity index (χ4v) is 5.95. The molecule has 0 aliphatic carbocycles. The van der Waals surface area contributed by atoms with E-state index in [2.05, 4.69) is 22.9 Å². The van der Waals surface area contributed by atoms with Gasteiger partial charge in [0.2, 0.25) is 23.6 Å². The molecule has 0 spiro atoms. The summed E-state index contributed by atoms with van der Waals surface area (Å²) in [6.07, 6.45) is 17.4. The van der Waals surface area contributed by atoms with Crippen LogP contribution in [0.3, 0.4) is 0 Å². The van der Waals surface area contributed by atoms with Gasteiger partial charge >= 0.3 is 5.97 Å². The number of aliphatic carboxylic acids is 1. The van der Waals surface area contributed by atoms with E-state index < -0.39 is 47.9 Å². The molecule has 46 heavy (non-hydrogen) atoms. The van der Waals surface area contributed by atoms with E-state index in [4.69, 9.17) is 0 Å². The van der Waals surface area contributed by atoms with Crippen LogP contribution >= 0.6 is 0 Å². The number of carboxylic acids is 1. The molecule has 258 valence electrons. The molecule has 10 heteroatoms. The molecule has 1 aliphatic rings. The quantitative estimate of drug-likeness (QED) is 0.120. The van der Waals surface area contributed by atoms with Gasteiger partial charge in [-0.05, 0) is 38.7 Å². The van der Waals surface area contributed by atoms with E-state index >= 15 is 0 Å². The van der Waals surface area contributed by atoms with Gasteiger partial charge in [-0.15, -0.1) is 0 Å². The van der Waals surface area contributed by atoms with Crippen LogP contribution in [0.15, 0.2) is 30.3 Å². The van der Waals surface area contributed by atoms with Crippen molar-refractivity contribution in [2.24, 2.45) is 0 Å². The maximum absolute atomic E-state index is 13.2. The topological polar surface area (TPSA) is 145 Å². The first-order valence-corrected chi connectivity index (χ1v) is 17.6. The van der Waals surface area contributed by atoms with Gasteiger partial charge in [-0.25, -0.2) is 4.79 Å². The zero-order chi connectivity index (χ0) is 33.7. The molecule has 0 aromatic heterocycles. The summed E-state index contributed by atoms with van der Waals surface area (Å²) in [5, 5.41) is 17.6. The van der Waals surface area contributed by atoms with Gasteiger partial charge in [0, 0.05) is 19.4 Å². The van der Waals surface area contributed by atoms with Crippen molar-refractivity contribution >= 4 is 29.6 Å². The Balaban J connectivity index is 1.66. The summed E-state index contributed by atoms with van der Waals surface area (Å²) in [6, 6.07) is 5.34. The Morgan fingerprint density at radius 3 is 1.91 bits per heavy atom. The highest BCUT2D eigenvalue weighted by molar-refractivity contribution is 5.95. The third-order valence-electron chi connectivity index (χ3n) is 8.74. The van der Waals surface area contributed by atoms with Gasteiger partial charge < -0.3 is 26.0 Å². The summed E-state index contributed by atoms with van der Waals surface area (Å²) in [6.45, 7) is 5.70. The standard InChI is InChI=1S/C36H58N4O6/c1-4-5-6-7-8-9-10-11-12-13-14-15-19-24-32(41)37-27(2)33(42)38-28(3)35(44)40-25-20-23-31(40)34(43)39-30(36(45)46)26-29-21-17-16-18-22-29/h16-18,21-22,27-28,30-31H,4-15,19-20,23-26H2,1-3H3,(H,37,41)(H,38,42)(H,39,43)(H,45,46)/t27-,28-,30-,31-/m0/s1. The smallest absolute Gasteiger partial charge is 0.326 e. The number of carbonyl (C=O) groups is 5. The van der Waals surface area contributed by atoms with Crippen LogP contribution in [0.1, 0.15) is 129 Å². The average Bonchev–Trinajstić information content (AvgIpc) is 3.53. The summed E-state index contributed by atoms with van der Waals surface area (Å²) in [4.78, 5) is 64.7. The van der Waals surface area contributed by atoms with Gasteiger partial charge in [0.05, 0.1) is 0 Å². The highest BCUT2D eigenvalue weighted by Crippen LogP contribution is 2.19. The summed E-state index contributed by atoms with van der Waals surface area (Å²) < 4.78 is 0. The van der Waals surface area contributed by atoms with Crippen molar-refractivity contribution in [1.29, 1.82) is 0 Å². The number of carbonyl (C=O) groups excluding carboxylic acids is 4. The molecule has 1 heterocycles. The van der Waals surface area contributed by atoms with Crippen molar-refractivity contribution in [3.63, 3.8) is 0 Å². The lowest BCUT2D eigenvalue weighted by molar-refractivity contribution is -0.144. The number of nitrogens with zero attached hydrogens (tertiary/aromatic N) is 1. The number of carboxylic acid groups (broad SMARTS) is 1. The first-order valence-electron chi connectivity index (χ1n) is 17.6. The van der Waals surface area contributed by atoms with E-state index in [1.807, 2.05) is 6.07 Å². The summed E-state index contributed by atoms with van der Waals surface area (Å²) >= 11 is 0. The number of hydrogen-bond acceptors (Lipinski definition) is 5. The number of likely N-dealkylation sites (tertiary alicyclic amines) is 1. The van der Waals surface area contributed by atoms with Crippen LogP contribution in [-0.2, 0) is 30.4 Å². The molecule has 0 saturated carbocycles. The van der Waals surface area contributed by atoms with Crippen molar-refractivity contribution in [2.75, 3.05) is 6.54 Å². The van der Waals surface area contributed by atoms with Gasteiger partial charge in [-0.1, -0.05) is 114 Å². The Kier molecular flexibility index (Phi) is 18.7. The number of amides is 4. The highest BCUT2D eigenvalue weighted by Gasteiger charge is 2.38. The molecule has 0 radical (unpaired) electrons. The normalized spacial score (nSPS) is 16.3. The number of rotatable bonds is 23. The van der Waals surface area contributed by atoms with Gasteiger partial charge in [0.1, 0.15) is 24.2 Å². The van der Waals surface area contributed by atoms with Crippen molar-refractivity contribution in [3.05, 3.63) is 35.9 Å². The predicted molar refractivity (Wildman–Crippen MR) is 180 cm³/mol. The summed E-state index contributed by atoms with van der Waals surface area (Å²) in [5.74, 6) is -2.77. The Hall–Kier alpha value is -3.43. The van der Waals surface area contributed by atoms with Crippen LogP contribution in [0.4, 0.5) is 0 Å². The van der Waals surface area contributed by atoms with E-state index in [0.717, 1.165) is 24.8 Å². The Bertz CT molecular complexity index is 1080. The first kappa shape index (κ1) is 38.8. The maximum Gasteiger partial charge on any atom is 0.326 e. The molecule has 2 rings (SSSR count). The lowest BCUT2D eigenvalue weighted by atomic mass is 10.0. The van der Waals surface area contributed by atoms with Crippen LogP contribution in [-0.4, -0.2) is 70.3 Å². The molecule has 1 aliphatic heterocycles. The molecule has 1 aromatic rings. The van der Waals surface area contributed by atoms with Gasteiger partial charge in [-0.2, -0.15) is 0 Å². The first-order chi connectivity index (χ1) is 22.1. The number of nitrogens with one attached hydrogen (secondary N) is 3. The van der Waals surface area contributed by atoms with E-state index in [1.165, 1.54) is 69.1 Å². The predicted octanol–water partition coefficient (Wildman–Crippen LogP) is 5.28. The molecule has 10 nitrogen and oxygen atoms in total. The fourth-order valence-electron chi connectivity index (χ4n) is 5.95. The molecule has 1 saturated heterocycles. The largest absolute Gasteiger partial charge is 0.480 e. The van der Waals surface area contributed by atoms with Crippen LogP contribution in [0, 0.1) is 0 Å². The van der Waals surface area contributed by atoms with Crippen molar-refractivity contribution < 1.29 is 29.1 Å². The van der Waals surface area contributed by atoms with E-state index in [9.17, 15) is 29.1 Å². The van der Waals surface area contributed by atoms with E-state index in [1.54, 1.807) is 38.1 Å². The average molecular weight is 643 g/mol. The van der Waals surface area contributed by atoms with Gasteiger partial charge in [-0.3, -0.25) is 19.2 Å². The molecule has 0 unspecified atom stereocenters. The Labute approximate surface area is 275 Å². The minimum Gasteiger partial charge on any atom is -0.480 e. The van der Waals surface area contributed by atoms with E-state index in [-0.39, 0.29) is 12.3 Å². The molecule has 4 atom stereocenters. The van der Waals surface area contributed by atoms with Crippen LogP contribution < -0.4 is 16.0 Å². The van der Waals surface area contributed by atoms with Crippen molar-refractivity contribution in [1.82, 2.24) is 20.9 Å². The van der Waals surface area contributed by atoms with Crippen LogP contribution in [0.2, 0.25) is 0 Å². The number of hydrogen-bond donors (Lipinski definition) is 4. The monoisotopic (exact) mass is 642 g/mol. The zero-order valence-corrected chi connectivity index (χ0v) is 28.4. The molecule has 4 amide bonds. The van der Waals surface area contributed by atoms with Crippen LogP contribution in [0.25, 0.3) is 0 Å². The molecule has 4 N–H and O–H groups in total. The SMILES string of the molecule is CCCCCCCCCCCCCCCC(=O)N[C@@H](C)C(=O)N[C@@H](C)C(=O)N1CCC[C@H]1C(=O)N[C@@H](Cc1ccccc1)C(=O)O. The lowest BCUT2D eigenvalue weighted by Crippen LogP contribution is -2.56. The minimum absolute atomic E-state index is 0.123. The Morgan fingerprint density at radius 1 is 0.783 bits per heavy atom. The van der Waals surface area contributed by atoms with Gasteiger partial charge in [0.25, 0.3) is 0 Å². The van der Waals surface area contributed by atoms with Crippen molar-refractivity contribution in [3.8, 4) is 0 Å². The number of unbranched alkanes of at least 4 members (excludes halogenated alkanes) is 12. The minimum atomic E-state index is -1.15. The lowest BCUT2D eigenvalue weighted by Gasteiger charge is -2.28. The highest BCUT2D eigenvalue weighted by atomic mass is 16.4. The second kappa shape index (κ2) is 22.2. The van der Waals surface area contributed by atoms with Gasteiger partial charge in [0.15, 0.2) is 0 Å².